The van der Waals surface area contributed by atoms with Crippen molar-refractivity contribution in [1.29, 1.82) is 0 Å². The van der Waals surface area contributed by atoms with Crippen molar-refractivity contribution in [1.82, 2.24) is 0 Å². The van der Waals surface area contributed by atoms with Crippen molar-refractivity contribution in [2.75, 3.05) is 16.6 Å². The number of rotatable bonds is 7. The first-order valence-corrected chi connectivity index (χ1v) is 11.8. The SMILES string of the molecule is O=C(CSc1ccccc1)CC1CN(S(=O)(=O)c2ccccc2)c2ccccc21. The van der Waals surface area contributed by atoms with Crippen LogP contribution >= 0.6 is 11.8 Å². The van der Waals surface area contributed by atoms with Crippen molar-refractivity contribution in [2.24, 2.45) is 0 Å². The van der Waals surface area contributed by atoms with Gasteiger partial charge >= 0.3 is 0 Å². The molecule has 0 spiro atoms. The van der Waals surface area contributed by atoms with E-state index in [4.69, 9.17) is 0 Å². The summed E-state index contributed by atoms with van der Waals surface area (Å²) in [5.74, 6) is 0.375. The molecule has 1 unspecified atom stereocenters. The lowest BCUT2D eigenvalue weighted by Crippen LogP contribution is -2.30. The first-order valence-electron chi connectivity index (χ1n) is 9.42. The zero-order chi connectivity index (χ0) is 20.3. The minimum atomic E-state index is -3.66. The highest BCUT2D eigenvalue weighted by atomic mass is 32.2. The Hall–Kier alpha value is -2.57. The van der Waals surface area contributed by atoms with Crippen LogP contribution in [-0.2, 0) is 14.8 Å². The summed E-state index contributed by atoms with van der Waals surface area (Å²) >= 11 is 1.52. The molecule has 3 aromatic carbocycles. The first-order chi connectivity index (χ1) is 14.1. The second kappa shape index (κ2) is 8.43. The van der Waals surface area contributed by atoms with Crippen LogP contribution in [0.5, 0.6) is 0 Å². The summed E-state index contributed by atoms with van der Waals surface area (Å²) in [4.78, 5) is 13.9. The van der Waals surface area contributed by atoms with Crippen molar-refractivity contribution in [3.63, 3.8) is 0 Å². The van der Waals surface area contributed by atoms with Crippen LogP contribution < -0.4 is 4.31 Å². The number of benzene rings is 3. The van der Waals surface area contributed by atoms with Crippen molar-refractivity contribution in [3.8, 4) is 0 Å². The molecule has 4 rings (SSSR count). The van der Waals surface area contributed by atoms with E-state index in [0.717, 1.165) is 10.5 Å². The lowest BCUT2D eigenvalue weighted by atomic mass is 9.96. The minimum Gasteiger partial charge on any atom is -0.299 e. The molecule has 0 aromatic heterocycles. The van der Waals surface area contributed by atoms with E-state index in [1.165, 1.54) is 16.1 Å². The molecule has 1 atom stereocenters. The summed E-state index contributed by atoms with van der Waals surface area (Å²) in [6, 6.07) is 25.7. The molecule has 0 aliphatic carbocycles. The summed E-state index contributed by atoms with van der Waals surface area (Å²) in [6.07, 6.45) is 0.331. The molecule has 0 bridgehead atoms. The fourth-order valence-corrected chi connectivity index (χ4v) is 5.94. The van der Waals surface area contributed by atoms with E-state index in [9.17, 15) is 13.2 Å². The summed E-state index contributed by atoms with van der Waals surface area (Å²) in [6.45, 7) is 0.290. The average molecular weight is 424 g/mol. The molecule has 0 amide bonds. The van der Waals surface area contributed by atoms with E-state index in [-0.39, 0.29) is 23.1 Å². The van der Waals surface area contributed by atoms with Gasteiger partial charge < -0.3 is 0 Å². The standard InChI is InChI=1S/C23H21NO3S2/c25-19(17-28-20-9-3-1-4-10-20)15-18-16-24(23-14-8-7-13-22(18)23)29(26,27)21-11-5-2-6-12-21/h1-14,18H,15-17H2. The highest BCUT2D eigenvalue weighted by Crippen LogP contribution is 2.41. The van der Waals surface area contributed by atoms with Gasteiger partial charge in [-0.3, -0.25) is 9.10 Å². The molecule has 0 N–H and O–H groups in total. The summed E-state index contributed by atoms with van der Waals surface area (Å²) in [5, 5.41) is 0. The van der Waals surface area contributed by atoms with Crippen LogP contribution in [0.25, 0.3) is 0 Å². The van der Waals surface area contributed by atoms with Crippen molar-refractivity contribution >= 4 is 33.3 Å². The maximum absolute atomic E-state index is 13.2. The van der Waals surface area contributed by atoms with Gasteiger partial charge in [0.25, 0.3) is 10.0 Å². The molecule has 148 valence electrons. The normalized spacial score (nSPS) is 15.9. The third-order valence-electron chi connectivity index (χ3n) is 4.98. The molecule has 0 radical (unpaired) electrons. The van der Waals surface area contributed by atoms with Crippen LogP contribution in [0.3, 0.4) is 0 Å². The third-order valence-corrected chi connectivity index (χ3v) is 7.85. The molecule has 4 nitrogen and oxygen atoms in total. The van der Waals surface area contributed by atoms with E-state index in [1.54, 1.807) is 30.3 Å². The monoisotopic (exact) mass is 423 g/mol. The Morgan fingerprint density at radius 1 is 0.897 bits per heavy atom. The summed E-state index contributed by atoms with van der Waals surface area (Å²) < 4.78 is 27.8. The number of Topliss-reactive ketones (excluding diaryl/α,β-unsaturated/α-hetero) is 1. The van der Waals surface area contributed by atoms with E-state index in [1.807, 2.05) is 54.6 Å². The van der Waals surface area contributed by atoms with E-state index in [2.05, 4.69) is 0 Å². The van der Waals surface area contributed by atoms with Gasteiger partial charge in [0.1, 0.15) is 5.78 Å². The molecule has 6 heteroatoms. The third kappa shape index (κ3) is 4.23. The van der Waals surface area contributed by atoms with Gasteiger partial charge in [-0.25, -0.2) is 8.42 Å². The number of carbonyl (C=O) groups excluding carboxylic acids is 1. The molecule has 0 fully saturated rings. The molecule has 1 aliphatic heterocycles. The Kier molecular flexibility index (Phi) is 5.74. The number of fused-ring (bicyclic) bond motifs is 1. The number of para-hydroxylation sites is 1. The number of anilines is 1. The Morgan fingerprint density at radius 2 is 1.52 bits per heavy atom. The van der Waals surface area contributed by atoms with Gasteiger partial charge in [-0.1, -0.05) is 54.6 Å². The second-order valence-corrected chi connectivity index (χ2v) is 9.86. The maximum Gasteiger partial charge on any atom is 0.264 e. The molecule has 0 saturated heterocycles. The maximum atomic E-state index is 13.2. The molecular formula is C23H21NO3S2. The van der Waals surface area contributed by atoms with Crippen LogP contribution in [0.1, 0.15) is 17.9 Å². The molecule has 1 heterocycles. The van der Waals surface area contributed by atoms with Crippen LogP contribution in [0.15, 0.2) is 94.7 Å². The van der Waals surface area contributed by atoms with Crippen LogP contribution in [0.4, 0.5) is 5.69 Å². The van der Waals surface area contributed by atoms with Crippen molar-refractivity contribution in [3.05, 3.63) is 90.5 Å². The van der Waals surface area contributed by atoms with Gasteiger partial charge in [0.05, 0.1) is 16.3 Å². The number of hydrogen-bond donors (Lipinski definition) is 0. The van der Waals surface area contributed by atoms with Crippen LogP contribution in [-0.4, -0.2) is 26.5 Å². The van der Waals surface area contributed by atoms with E-state index < -0.39 is 10.0 Å². The predicted octanol–water partition coefficient (Wildman–Crippen LogP) is 4.73. The lowest BCUT2D eigenvalue weighted by molar-refractivity contribution is -0.116. The molecule has 0 saturated carbocycles. The quantitative estimate of drug-likeness (QED) is 0.516. The number of carbonyl (C=O) groups is 1. The van der Waals surface area contributed by atoms with Crippen LogP contribution in [0, 0.1) is 0 Å². The smallest absolute Gasteiger partial charge is 0.264 e. The van der Waals surface area contributed by atoms with Gasteiger partial charge in [0.2, 0.25) is 0 Å². The number of sulfonamides is 1. The van der Waals surface area contributed by atoms with Gasteiger partial charge in [0.15, 0.2) is 0 Å². The number of nitrogens with zero attached hydrogens (tertiary/aromatic N) is 1. The number of hydrogen-bond acceptors (Lipinski definition) is 4. The van der Waals surface area contributed by atoms with E-state index in [0.29, 0.717) is 17.9 Å². The van der Waals surface area contributed by atoms with Gasteiger partial charge in [-0.15, -0.1) is 11.8 Å². The Balaban J connectivity index is 1.52. The second-order valence-electron chi connectivity index (χ2n) is 6.95. The highest BCUT2D eigenvalue weighted by molar-refractivity contribution is 8.00. The molecule has 3 aromatic rings. The molecular weight excluding hydrogens is 402 g/mol. The highest BCUT2D eigenvalue weighted by Gasteiger charge is 2.37. The van der Waals surface area contributed by atoms with Crippen LogP contribution in [0.2, 0.25) is 0 Å². The number of thioether (sulfide) groups is 1. The zero-order valence-corrected chi connectivity index (χ0v) is 17.4. The van der Waals surface area contributed by atoms with Gasteiger partial charge in [-0.05, 0) is 35.9 Å². The molecule has 29 heavy (non-hydrogen) atoms. The fraction of sp³-hybridized carbons (Fsp3) is 0.174. The van der Waals surface area contributed by atoms with Gasteiger partial charge in [0, 0.05) is 23.8 Å². The van der Waals surface area contributed by atoms with E-state index >= 15 is 0 Å². The summed E-state index contributed by atoms with van der Waals surface area (Å²) in [7, 11) is -3.66. The summed E-state index contributed by atoms with van der Waals surface area (Å²) in [5.41, 5.74) is 1.59. The Labute approximate surface area is 175 Å². The van der Waals surface area contributed by atoms with Crippen molar-refractivity contribution in [2.45, 2.75) is 22.1 Å². The van der Waals surface area contributed by atoms with Crippen molar-refractivity contribution < 1.29 is 13.2 Å². The van der Waals surface area contributed by atoms with Gasteiger partial charge in [-0.2, -0.15) is 0 Å². The predicted molar refractivity (Wildman–Crippen MR) is 117 cm³/mol. The zero-order valence-electron chi connectivity index (χ0n) is 15.8. The average Bonchev–Trinajstić information content (AvgIpc) is 3.13. The first kappa shape index (κ1) is 19.7. The molecule has 1 aliphatic rings. The Bertz CT molecular complexity index is 1100. The topological polar surface area (TPSA) is 54.5 Å². The minimum absolute atomic E-state index is 0.123. The Morgan fingerprint density at radius 3 is 2.24 bits per heavy atom. The lowest BCUT2D eigenvalue weighted by Gasteiger charge is -2.20. The fourth-order valence-electron chi connectivity index (χ4n) is 3.59. The largest absolute Gasteiger partial charge is 0.299 e. The number of ketones is 1.